The molecule has 0 unspecified atom stereocenters. The minimum atomic E-state index is -0.137. The zero-order valence-electron chi connectivity index (χ0n) is 21.1. The number of aromatic amines is 1. The van der Waals surface area contributed by atoms with E-state index in [1.165, 1.54) is 0 Å². The second-order valence-corrected chi connectivity index (χ2v) is 9.50. The smallest absolute Gasteiger partial charge is 0.256 e. The van der Waals surface area contributed by atoms with Crippen molar-refractivity contribution < 1.29 is 14.3 Å². The largest absolute Gasteiger partial charge is 0.496 e. The van der Waals surface area contributed by atoms with Gasteiger partial charge >= 0.3 is 0 Å². The summed E-state index contributed by atoms with van der Waals surface area (Å²) in [5, 5.41) is 3.00. The molecule has 188 valence electrons. The Balaban J connectivity index is 1.36. The van der Waals surface area contributed by atoms with E-state index in [9.17, 15) is 4.79 Å². The van der Waals surface area contributed by atoms with E-state index in [0.717, 1.165) is 71.6 Å². The second-order valence-electron chi connectivity index (χ2n) is 9.50. The van der Waals surface area contributed by atoms with Crippen LogP contribution in [0.25, 0.3) is 34.1 Å². The average Bonchev–Trinajstić information content (AvgIpc) is 3.49. The molecule has 37 heavy (non-hydrogen) atoms. The zero-order valence-corrected chi connectivity index (χ0v) is 21.1. The number of hydrogen-bond donors (Lipinski definition) is 2. The summed E-state index contributed by atoms with van der Waals surface area (Å²) in [7, 11) is 1.64. The number of hydrogen-bond acceptors (Lipinski definition) is 5. The van der Waals surface area contributed by atoms with Gasteiger partial charge < -0.3 is 24.7 Å². The number of carbonyl (C=O) groups excluding carboxylic acids is 1. The second kappa shape index (κ2) is 9.75. The third-order valence-electron chi connectivity index (χ3n) is 7.26. The highest BCUT2D eigenvalue weighted by Gasteiger charge is 2.27. The predicted molar refractivity (Wildman–Crippen MR) is 147 cm³/mol. The molecule has 3 aromatic carbocycles. The summed E-state index contributed by atoms with van der Waals surface area (Å²) in [5.74, 6) is 2.03. The van der Waals surface area contributed by atoms with Crippen LogP contribution in [-0.2, 0) is 4.79 Å². The standard InChI is InChI=1S/C30H30N4O3/c1-3-34-15-13-20(14-16-34)37-21-11-12-24-22(18-21)23(30(35)33-24)17-19-7-6-10-27(36-2)28(19)29-31-25-8-4-5-9-26(25)32-29/h4-12,17-18,20H,3,13-16H2,1-2H3,(H,31,32)(H,33,35)/b23-17-. The normalized spacial score (nSPS) is 17.2. The van der Waals surface area contributed by atoms with Gasteiger partial charge in [-0.2, -0.15) is 0 Å². The highest BCUT2D eigenvalue weighted by atomic mass is 16.5. The Bertz CT molecular complexity index is 1460. The average molecular weight is 495 g/mol. The van der Waals surface area contributed by atoms with E-state index in [1.807, 2.05) is 66.7 Å². The number of nitrogens with one attached hydrogen (secondary N) is 2. The van der Waals surface area contributed by atoms with Crippen LogP contribution in [0.15, 0.2) is 60.7 Å². The van der Waals surface area contributed by atoms with Crippen molar-refractivity contribution in [3.8, 4) is 22.9 Å². The van der Waals surface area contributed by atoms with Crippen molar-refractivity contribution >= 4 is 34.3 Å². The van der Waals surface area contributed by atoms with Gasteiger partial charge in [0, 0.05) is 29.9 Å². The zero-order chi connectivity index (χ0) is 25.4. The molecule has 0 bridgehead atoms. The number of ether oxygens (including phenoxy) is 2. The lowest BCUT2D eigenvalue weighted by atomic mass is 9.99. The first-order valence-corrected chi connectivity index (χ1v) is 12.8. The summed E-state index contributed by atoms with van der Waals surface area (Å²) >= 11 is 0. The predicted octanol–water partition coefficient (Wildman–Crippen LogP) is 5.59. The van der Waals surface area contributed by atoms with Crippen LogP contribution in [0.3, 0.4) is 0 Å². The van der Waals surface area contributed by atoms with Gasteiger partial charge in [-0.3, -0.25) is 4.79 Å². The van der Waals surface area contributed by atoms with Crippen molar-refractivity contribution in [1.29, 1.82) is 0 Å². The number of methoxy groups -OCH3 is 1. The Hall–Kier alpha value is -4.10. The van der Waals surface area contributed by atoms with E-state index in [4.69, 9.17) is 14.5 Å². The number of piperidine rings is 1. The highest BCUT2D eigenvalue weighted by molar-refractivity contribution is 6.35. The number of anilines is 1. The van der Waals surface area contributed by atoms with Gasteiger partial charge in [0.1, 0.15) is 23.4 Å². The van der Waals surface area contributed by atoms with Crippen LogP contribution >= 0.6 is 0 Å². The van der Waals surface area contributed by atoms with Gasteiger partial charge in [-0.05, 0) is 67.4 Å². The number of aromatic nitrogens is 2. The Labute approximate surface area is 216 Å². The topological polar surface area (TPSA) is 79.5 Å². The van der Waals surface area contributed by atoms with Crippen LogP contribution in [-0.4, -0.2) is 53.6 Å². The van der Waals surface area contributed by atoms with E-state index >= 15 is 0 Å². The monoisotopic (exact) mass is 494 g/mol. The molecular weight excluding hydrogens is 464 g/mol. The molecule has 0 spiro atoms. The Morgan fingerprint density at radius 1 is 1.08 bits per heavy atom. The van der Waals surface area contributed by atoms with E-state index in [0.29, 0.717) is 17.1 Å². The van der Waals surface area contributed by atoms with Gasteiger partial charge in [-0.1, -0.05) is 31.2 Å². The Morgan fingerprint density at radius 3 is 2.70 bits per heavy atom. The van der Waals surface area contributed by atoms with Crippen LogP contribution in [0.4, 0.5) is 5.69 Å². The molecule has 1 amide bonds. The summed E-state index contributed by atoms with van der Waals surface area (Å²) in [6.07, 6.45) is 4.12. The molecular formula is C30H30N4O3. The number of H-pyrrole nitrogens is 1. The van der Waals surface area contributed by atoms with Crippen LogP contribution in [0, 0.1) is 0 Å². The molecule has 1 aromatic heterocycles. The molecule has 0 aliphatic carbocycles. The first-order valence-electron chi connectivity index (χ1n) is 12.8. The van der Waals surface area contributed by atoms with E-state index < -0.39 is 0 Å². The van der Waals surface area contributed by atoms with Gasteiger partial charge in [0.15, 0.2) is 0 Å². The van der Waals surface area contributed by atoms with Crippen molar-refractivity contribution in [2.24, 2.45) is 0 Å². The van der Waals surface area contributed by atoms with Gasteiger partial charge in [0.2, 0.25) is 0 Å². The summed E-state index contributed by atoms with van der Waals surface area (Å²) in [6.45, 7) is 5.38. The number of carbonyl (C=O) groups is 1. The van der Waals surface area contributed by atoms with Gasteiger partial charge in [-0.25, -0.2) is 4.98 Å². The summed E-state index contributed by atoms with van der Waals surface area (Å²) < 4.78 is 12.0. The number of benzene rings is 3. The maximum atomic E-state index is 13.1. The molecule has 0 atom stereocenters. The Kier molecular flexibility index (Phi) is 6.14. The highest BCUT2D eigenvalue weighted by Crippen LogP contribution is 2.39. The molecule has 1 fully saturated rings. The third-order valence-corrected chi connectivity index (χ3v) is 7.26. The molecule has 1 saturated heterocycles. The number of fused-ring (bicyclic) bond motifs is 2. The fourth-order valence-electron chi connectivity index (χ4n) is 5.24. The Morgan fingerprint density at radius 2 is 1.92 bits per heavy atom. The van der Waals surface area contributed by atoms with Gasteiger partial charge in [0.05, 0.1) is 23.7 Å². The number of imidazole rings is 1. The van der Waals surface area contributed by atoms with Crippen molar-refractivity contribution in [2.75, 3.05) is 32.1 Å². The maximum absolute atomic E-state index is 13.1. The van der Waals surface area contributed by atoms with Crippen molar-refractivity contribution in [1.82, 2.24) is 14.9 Å². The van der Waals surface area contributed by atoms with Crippen molar-refractivity contribution in [2.45, 2.75) is 25.9 Å². The molecule has 3 heterocycles. The van der Waals surface area contributed by atoms with Crippen LogP contribution in [0.1, 0.15) is 30.9 Å². The van der Waals surface area contributed by atoms with Crippen molar-refractivity contribution in [3.05, 3.63) is 71.8 Å². The van der Waals surface area contributed by atoms with Crippen molar-refractivity contribution in [3.63, 3.8) is 0 Å². The summed E-state index contributed by atoms with van der Waals surface area (Å²) in [6, 6.07) is 19.6. The molecule has 0 saturated carbocycles. The number of likely N-dealkylation sites (tertiary alicyclic amines) is 1. The first-order chi connectivity index (χ1) is 18.1. The molecule has 6 rings (SSSR count). The third kappa shape index (κ3) is 4.47. The van der Waals surface area contributed by atoms with E-state index in [1.54, 1.807) is 7.11 Å². The fraction of sp³-hybridized carbons (Fsp3) is 0.267. The molecule has 7 heteroatoms. The molecule has 2 aliphatic rings. The van der Waals surface area contributed by atoms with Crippen LogP contribution < -0.4 is 14.8 Å². The molecule has 0 radical (unpaired) electrons. The number of nitrogens with zero attached hydrogens (tertiary/aromatic N) is 2. The first kappa shape index (κ1) is 23.3. The lowest BCUT2D eigenvalue weighted by Gasteiger charge is -2.31. The lowest BCUT2D eigenvalue weighted by molar-refractivity contribution is -0.110. The molecule has 7 nitrogen and oxygen atoms in total. The minimum absolute atomic E-state index is 0.137. The molecule has 4 aromatic rings. The van der Waals surface area contributed by atoms with E-state index in [-0.39, 0.29) is 12.0 Å². The SMILES string of the molecule is CCN1CCC(Oc2ccc3c(c2)/C(=C/c2cccc(OC)c2-c2nc4ccccc4[nH]2)C(=O)N3)CC1. The molecule has 2 aliphatic heterocycles. The fourth-order valence-corrected chi connectivity index (χ4v) is 5.24. The lowest BCUT2D eigenvalue weighted by Crippen LogP contribution is -2.37. The summed E-state index contributed by atoms with van der Waals surface area (Å²) in [4.78, 5) is 23.7. The van der Waals surface area contributed by atoms with Crippen LogP contribution in [0.5, 0.6) is 11.5 Å². The van der Waals surface area contributed by atoms with Gasteiger partial charge in [0.25, 0.3) is 5.91 Å². The maximum Gasteiger partial charge on any atom is 0.256 e. The van der Waals surface area contributed by atoms with Gasteiger partial charge in [-0.15, -0.1) is 0 Å². The number of para-hydroxylation sites is 2. The van der Waals surface area contributed by atoms with Crippen LogP contribution in [0.2, 0.25) is 0 Å². The quantitative estimate of drug-likeness (QED) is 0.342. The number of rotatable bonds is 6. The summed E-state index contributed by atoms with van der Waals surface area (Å²) in [5.41, 5.74) is 5.69. The van der Waals surface area contributed by atoms with E-state index in [2.05, 4.69) is 22.1 Å². The molecule has 2 N–H and O–H groups in total. The number of amides is 1. The minimum Gasteiger partial charge on any atom is -0.496 e.